The number of aromatic nitrogens is 2. The molecule has 1 aromatic heterocycles. The van der Waals surface area contributed by atoms with Crippen LogP contribution in [0, 0.1) is 5.92 Å². The van der Waals surface area contributed by atoms with Crippen molar-refractivity contribution in [1.29, 1.82) is 0 Å². The number of anilines is 1. The van der Waals surface area contributed by atoms with E-state index in [1.165, 1.54) is 0 Å². The number of alkyl halides is 3. The molecule has 2 aromatic rings. The first-order valence-electron chi connectivity index (χ1n) is 8.26. The standard InChI is InChI=1S/C17H19F3N4O/c1-2-21-15(25)11-7-9-24(10-8-11)14-12-5-3-4-6-13(12)22-16(23-14)17(18,19)20/h3-6,11H,2,7-10H2,1H3,(H,21,25). The average molecular weight is 352 g/mol. The fourth-order valence-corrected chi connectivity index (χ4v) is 3.10. The molecule has 0 bridgehead atoms. The largest absolute Gasteiger partial charge is 0.451 e. The van der Waals surface area contributed by atoms with Crippen LogP contribution in [0.25, 0.3) is 10.9 Å². The van der Waals surface area contributed by atoms with Crippen molar-refractivity contribution in [3.8, 4) is 0 Å². The number of hydrogen-bond acceptors (Lipinski definition) is 4. The van der Waals surface area contributed by atoms with Gasteiger partial charge in [-0.15, -0.1) is 0 Å². The normalized spacial score (nSPS) is 16.2. The lowest BCUT2D eigenvalue weighted by Gasteiger charge is -2.33. The summed E-state index contributed by atoms with van der Waals surface area (Å²) in [7, 11) is 0. The molecule has 5 nitrogen and oxygen atoms in total. The lowest BCUT2D eigenvalue weighted by molar-refractivity contribution is -0.144. The Morgan fingerprint density at radius 2 is 1.92 bits per heavy atom. The van der Waals surface area contributed by atoms with Gasteiger partial charge in [-0.05, 0) is 31.9 Å². The van der Waals surface area contributed by atoms with Gasteiger partial charge < -0.3 is 10.2 Å². The van der Waals surface area contributed by atoms with E-state index in [0.29, 0.717) is 37.9 Å². The molecule has 1 N–H and O–H groups in total. The Morgan fingerprint density at radius 1 is 1.24 bits per heavy atom. The maximum atomic E-state index is 13.1. The van der Waals surface area contributed by atoms with Crippen molar-refractivity contribution < 1.29 is 18.0 Å². The van der Waals surface area contributed by atoms with Gasteiger partial charge in [-0.2, -0.15) is 13.2 Å². The van der Waals surface area contributed by atoms with E-state index in [1.807, 2.05) is 11.8 Å². The van der Waals surface area contributed by atoms with E-state index in [0.717, 1.165) is 0 Å². The Balaban J connectivity index is 1.90. The van der Waals surface area contributed by atoms with E-state index >= 15 is 0 Å². The fraction of sp³-hybridized carbons (Fsp3) is 0.471. The van der Waals surface area contributed by atoms with Crippen LogP contribution in [0.3, 0.4) is 0 Å². The van der Waals surface area contributed by atoms with Gasteiger partial charge in [0.15, 0.2) is 0 Å². The van der Waals surface area contributed by atoms with Crippen LogP contribution in [0.1, 0.15) is 25.6 Å². The third-order valence-corrected chi connectivity index (χ3v) is 4.35. The summed E-state index contributed by atoms with van der Waals surface area (Å²) >= 11 is 0. The quantitative estimate of drug-likeness (QED) is 0.923. The molecule has 1 aliphatic heterocycles. The number of carbonyl (C=O) groups is 1. The third kappa shape index (κ3) is 3.67. The lowest BCUT2D eigenvalue weighted by Crippen LogP contribution is -2.41. The molecule has 0 spiro atoms. The Morgan fingerprint density at radius 3 is 2.56 bits per heavy atom. The molecule has 8 heteroatoms. The van der Waals surface area contributed by atoms with Crippen LogP contribution in [0.5, 0.6) is 0 Å². The molecule has 0 atom stereocenters. The summed E-state index contributed by atoms with van der Waals surface area (Å²) in [6.45, 7) is 3.41. The SMILES string of the molecule is CCNC(=O)C1CCN(c2nc(C(F)(F)F)nc3ccccc23)CC1. The number of carbonyl (C=O) groups excluding carboxylic acids is 1. The van der Waals surface area contributed by atoms with Gasteiger partial charge in [0.2, 0.25) is 11.7 Å². The maximum Gasteiger partial charge on any atom is 0.451 e. The van der Waals surface area contributed by atoms with Gasteiger partial charge in [0.05, 0.1) is 5.52 Å². The molecule has 1 aromatic carbocycles. The second kappa shape index (κ2) is 6.85. The molecule has 3 rings (SSSR count). The smallest absolute Gasteiger partial charge is 0.356 e. The summed E-state index contributed by atoms with van der Waals surface area (Å²) in [4.78, 5) is 21.2. The Kier molecular flexibility index (Phi) is 4.78. The number of piperidine rings is 1. The summed E-state index contributed by atoms with van der Waals surface area (Å²) in [5.41, 5.74) is 0.269. The molecule has 2 heterocycles. The number of nitrogens with one attached hydrogen (secondary N) is 1. The molecule has 0 saturated carbocycles. The first-order chi connectivity index (χ1) is 11.9. The molecule has 134 valence electrons. The van der Waals surface area contributed by atoms with Gasteiger partial charge in [-0.25, -0.2) is 9.97 Å². The van der Waals surface area contributed by atoms with Crippen LogP contribution < -0.4 is 10.2 Å². The van der Waals surface area contributed by atoms with Crippen LogP contribution in [0.15, 0.2) is 24.3 Å². The fourth-order valence-electron chi connectivity index (χ4n) is 3.10. The highest BCUT2D eigenvalue weighted by Crippen LogP contribution is 2.33. The number of hydrogen-bond donors (Lipinski definition) is 1. The van der Waals surface area contributed by atoms with Crippen LogP contribution in [0.4, 0.5) is 19.0 Å². The number of amides is 1. The van der Waals surface area contributed by atoms with Crippen LogP contribution >= 0.6 is 0 Å². The predicted molar refractivity (Wildman–Crippen MR) is 88.2 cm³/mol. The van der Waals surface area contributed by atoms with Crippen LogP contribution in [-0.2, 0) is 11.0 Å². The molecule has 1 fully saturated rings. The van der Waals surface area contributed by atoms with Gasteiger partial charge in [-0.3, -0.25) is 4.79 Å². The summed E-state index contributed by atoms with van der Waals surface area (Å²) in [6.07, 6.45) is -3.42. The van der Waals surface area contributed by atoms with Crippen molar-refractivity contribution in [3.05, 3.63) is 30.1 Å². The minimum Gasteiger partial charge on any atom is -0.356 e. The zero-order chi connectivity index (χ0) is 18.0. The van der Waals surface area contributed by atoms with Gasteiger partial charge in [0.25, 0.3) is 0 Å². The lowest BCUT2D eigenvalue weighted by atomic mass is 9.95. The van der Waals surface area contributed by atoms with E-state index in [4.69, 9.17) is 0 Å². The highest BCUT2D eigenvalue weighted by atomic mass is 19.4. The highest BCUT2D eigenvalue weighted by Gasteiger charge is 2.36. The van der Waals surface area contributed by atoms with Crippen molar-refractivity contribution in [2.24, 2.45) is 5.92 Å². The molecule has 1 saturated heterocycles. The first kappa shape index (κ1) is 17.4. The monoisotopic (exact) mass is 352 g/mol. The van der Waals surface area contributed by atoms with E-state index in [-0.39, 0.29) is 23.2 Å². The number of halogens is 3. The Bertz CT molecular complexity index is 770. The van der Waals surface area contributed by atoms with Crippen LogP contribution in [-0.4, -0.2) is 35.5 Å². The minimum absolute atomic E-state index is 0.00526. The van der Waals surface area contributed by atoms with E-state index in [9.17, 15) is 18.0 Å². The molecule has 1 amide bonds. The molecule has 0 radical (unpaired) electrons. The average Bonchev–Trinajstić information content (AvgIpc) is 2.60. The second-order valence-corrected chi connectivity index (χ2v) is 6.04. The third-order valence-electron chi connectivity index (χ3n) is 4.35. The zero-order valence-electron chi connectivity index (χ0n) is 13.8. The van der Waals surface area contributed by atoms with Crippen molar-refractivity contribution >= 4 is 22.6 Å². The number of para-hydroxylation sites is 1. The molecule has 25 heavy (non-hydrogen) atoms. The number of fused-ring (bicyclic) bond motifs is 1. The van der Waals surface area contributed by atoms with E-state index < -0.39 is 12.0 Å². The topological polar surface area (TPSA) is 58.1 Å². The van der Waals surface area contributed by atoms with Gasteiger partial charge >= 0.3 is 6.18 Å². The first-order valence-corrected chi connectivity index (χ1v) is 8.26. The minimum atomic E-state index is -4.60. The van der Waals surface area contributed by atoms with Crippen molar-refractivity contribution in [1.82, 2.24) is 15.3 Å². The molecular formula is C17H19F3N4O. The Hall–Kier alpha value is -2.38. The maximum absolute atomic E-state index is 13.1. The molecule has 1 aliphatic rings. The number of rotatable bonds is 3. The van der Waals surface area contributed by atoms with Crippen molar-refractivity contribution in [3.63, 3.8) is 0 Å². The number of nitrogens with zero attached hydrogens (tertiary/aromatic N) is 3. The highest BCUT2D eigenvalue weighted by molar-refractivity contribution is 5.89. The summed E-state index contributed by atoms with van der Waals surface area (Å²) in [5, 5.41) is 3.39. The predicted octanol–water partition coefficient (Wildman–Crippen LogP) is 3.00. The summed E-state index contributed by atoms with van der Waals surface area (Å²) in [6, 6.07) is 6.68. The molecule has 0 unspecified atom stereocenters. The molecular weight excluding hydrogens is 333 g/mol. The van der Waals surface area contributed by atoms with Crippen LogP contribution in [0.2, 0.25) is 0 Å². The van der Waals surface area contributed by atoms with Crippen molar-refractivity contribution in [2.45, 2.75) is 25.9 Å². The molecule has 0 aliphatic carbocycles. The zero-order valence-corrected chi connectivity index (χ0v) is 13.8. The van der Waals surface area contributed by atoms with Crippen molar-refractivity contribution in [2.75, 3.05) is 24.5 Å². The number of benzene rings is 1. The summed E-state index contributed by atoms with van der Waals surface area (Å²) < 4.78 is 39.4. The van der Waals surface area contributed by atoms with Gasteiger partial charge in [0, 0.05) is 30.9 Å². The van der Waals surface area contributed by atoms with Gasteiger partial charge in [0.1, 0.15) is 5.82 Å². The summed E-state index contributed by atoms with van der Waals surface area (Å²) in [5.74, 6) is -0.948. The Labute approximate surface area is 143 Å². The van der Waals surface area contributed by atoms with Gasteiger partial charge in [-0.1, -0.05) is 12.1 Å². The second-order valence-electron chi connectivity index (χ2n) is 6.04. The van der Waals surface area contributed by atoms with E-state index in [1.54, 1.807) is 24.3 Å². The van der Waals surface area contributed by atoms with E-state index in [2.05, 4.69) is 15.3 Å².